The number of rotatable bonds is 6. The molecule has 0 aliphatic carbocycles. The van der Waals surface area contributed by atoms with Crippen molar-refractivity contribution in [3.05, 3.63) is 59.2 Å². The molecule has 1 aliphatic rings. The minimum absolute atomic E-state index is 0.102. The quantitative estimate of drug-likeness (QED) is 0.652. The van der Waals surface area contributed by atoms with E-state index in [0.717, 1.165) is 12.1 Å². The van der Waals surface area contributed by atoms with E-state index in [2.05, 4.69) is 0 Å². The molecule has 0 saturated carbocycles. The molecule has 1 aliphatic heterocycles. The molecule has 1 heterocycles. The largest absolute Gasteiger partial charge is 0.490 e. The van der Waals surface area contributed by atoms with E-state index in [1.165, 1.54) is 6.07 Å². The lowest BCUT2D eigenvalue weighted by Gasteiger charge is -2.21. The number of ether oxygens (including phenoxy) is 2. The highest BCUT2D eigenvalue weighted by atomic mass is 32.2. The van der Waals surface area contributed by atoms with Crippen LogP contribution >= 0.6 is 11.8 Å². The third-order valence-corrected chi connectivity index (χ3v) is 6.03. The minimum atomic E-state index is -0.447. The van der Waals surface area contributed by atoms with Gasteiger partial charge in [0.1, 0.15) is 11.6 Å². The molecule has 1 saturated heterocycles. The molecule has 0 spiro atoms. The van der Waals surface area contributed by atoms with Gasteiger partial charge in [0, 0.05) is 35.2 Å². The molecule has 0 N–H and O–H groups in total. The summed E-state index contributed by atoms with van der Waals surface area (Å²) in [5.74, 6) is 0.855. The molecule has 0 bridgehead atoms. The van der Waals surface area contributed by atoms with Gasteiger partial charge in [-0.1, -0.05) is 0 Å². The van der Waals surface area contributed by atoms with Gasteiger partial charge >= 0.3 is 0 Å². The van der Waals surface area contributed by atoms with Gasteiger partial charge in [0.05, 0.1) is 13.2 Å². The van der Waals surface area contributed by atoms with Gasteiger partial charge in [-0.15, -0.1) is 0 Å². The van der Waals surface area contributed by atoms with Crippen LogP contribution in [0.1, 0.15) is 41.4 Å². The number of halogens is 2. The maximum Gasteiger partial charge on any atom is 0.254 e. The molecule has 29 heavy (non-hydrogen) atoms. The lowest BCUT2D eigenvalue weighted by atomic mass is 10.1. The maximum atomic E-state index is 14.1. The van der Waals surface area contributed by atoms with Gasteiger partial charge in [0.15, 0.2) is 11.5 Å². The summed E-state index contributed by atoms with van der Waals surface area (Å²) in [5.41, 5.74) is 0.890. The van der Waals surface area contributed by atoms with E-state index in [1.54, 1.807) is 34.9 Å². The Bertz CT molecular complexity index is 862. The summed E-state index contributed by atoms with van der Waals surface area (Å²) in [7, 11) is 0. The summed E-state index contributed by atoms with van der Waals surface area (Å²) >= 11 is 1.55. The van der Waals surface area contributed by atoms with Crippen LogP contribution in [0, 0.1) is 11.6 Å². The maximum absolute atomic E-state index is 14.1. The summed E-state index contributed by atoms with van der Waals surface area (Å²) < 4.78 is 38.9. The molecule has 2 aromatic carbocycles. The molecule has 0 aromatic heterocycles. The molecule has 2 aromatic rings. The summed E-state index contributed by atoms with van der Waals surface area (Å²) in [6.07, 6.45) is 0.562. The van der Waals surface area contributed by atoms with Gasteiger partial charge in [-0.3, -0.25) is 4.79 Å². The molecular weight excluding hydrogens is 396 g/mol. The van der Waals surface area contributed by atoms with Gasteiger partial charge in [-0.2, -0.15) is 11.8 Å². The zero-order valence-corrected chi connectivity index (χ0v) is 17.4. The van der Waals surface area contributed by atoms with Crippen LogP contribution in [0.25, 0.3) is 0 Å². The van der Waals surface area contributed by atoms with Gasteiger partial charge in [0.2, 0.25) is 0 Å². The standard InChI is InChI=1S/C22H25F2NO3S/c1-3-27-19-8-5-15(13-20(19)28-4-2)22(26)25-10-9-21(29-12-11-25)17-14-16(23)6-7-18(17)24/h5-8,13-14,21H,3-4,9-12H2,1-2H3. The highest BCUT2D eigenvalue weighted by Gasteiger charge is 2.25. The van der Waals surface area contributed by atoms with Crippen LogP contribution in [-0.4, -0.2) is 42.9 Å². The molecule has 1 amide bonds. The summed E-state index contributed by atoms with van der Waals surface area (Å²) in [6.45, 7) is 5.77. The first-order valence-corrected chi connectivity index (χ1v) is 10.8. The number of thioether (sulfide) groups is 1. The molecular formula is C22H25F2NO3S. The third kappa shape index (κ3) is 5.21. The van der Waals surface area contributed by atoms with E-state index in [4.69, 9.17) is 9.47 Å². The van der Waals surface area contributed by atoms with Crippen molar-refractivity contribution in [1.29, 1.82) is 0 Å². The van der Waals surface area contributed by atoms with E-state index >= 15 is 0 Å². The smallest absolute Gasteiger partial charge is 0.254 e. The lowest BCUT2D eigenvalue weighted by molar-refractivity contribution is 0.0766. The zero-order valence-electron chi connectivity index (χ0n) is 16.6. The number of hydrogen-bond donors (Lipinski definition) is 0. The van der Waals surface area contributed by atoms with Gasteiger partial charge in [-0.25, -0.2) is 8.78 Å². The van der Waals surface area contributed by atoms with E-state index in [1.807, 2.05) is 13.8 Å². The molecule has 4 nitrogen and oxygen atoms in total. The average molecular weight is 422 g/mol. The second-order valence-electron chi connectivity index (χ2n) is 6.63. The number of carbonyl (C=O) groups excluding carboxylic acids is 1. The number of hydrogen-bond acceptors (Lipinski definition) is 4. The Kier molecular flexibility index (Phi) is 7.36. The number of benzene rings is 2. The van der Waals surface area contributed by atoms with Crippen molar-refractivity contribution in [2.24, 2.45) is 0 Å². The Labute approximate surface area is 174 Å². The predicted molar refractivity (Wildman–Crippen MR) is 111 cm³/mol. The van der Waals surface area contributed by atoms with Crippen LogP contribution in [0.4, 0.5) is 8.78 Å². The summed E-state index contributed by atoms with van der Waals surface area (Å²) in [4.78, 5) is 14.8. The Hall–Kier alpha value is -2.28. The molecule has 1 atom stereocenters. The van der Waals surface area contributed by atoms with Crippen LogP contribution < -0.4 is 9.47 Å². The van der Waals surface area contributed by atoms with Crippen LogP contribution in [0.15, 0.2) is 36.4 Å². The van der Waals surface area contributed by atoms with Gasteiger partial charge in [-0.05, 0) is 56.7 Å². The minimum Gasteiger partial charge on any atom is -0.490 e. The van der Waals surface area contributed by atoms with Crippen molar-refractivity contribution in [1.82, 2.24) is 4.90 Å². The second kappa shape index (κ2) is 9.96. The Morgan fingerprint density at radius 3 is 2.59 bits per heavy atom. The Morgan fingerprint density at radius 1 is 1.07 bits per heavy atom. The lowest BCUT2D eigenvalue weighted by Crippen LogP contribution is -2.33. The fourth-order valence-corrected chi connectivity index (χ4v) is 4.59. The highest BCUT2D eigenvalue weighted by Crippen LogP contribution is 2.36. The van der Waals surface area contributed by atoms with Crippen LogP contribution in [-0.2, 0) is 0 Å². The predicted octanol–water partition coefficient (Wildman–Crippen LogP) is 5.08. The first kappa shape index (κ1) is 21.4. The monoisotopic (exact) mass is 421 g/mol. The first-order chi connectivity index (χ1) is 14.0. The van der Waals surface area contributed by atoms with Crippen LogP contribution in [0.3, 0.4) is 0 Å². The SMILES string of the molecule is CCOc1ccc(C(=O)N2CCSC(c3cc(F)ccc3F)CC2)cc1OCC. The van der Waals surface area contributed by atoms with Crippen molar-refractivity contribution in [3.8, 4) is 11.5 Å². The van der Waals surface area contributed by atoms with Crippen molar-refractivity contribution in [2.45, 2.75) is 25.5 Å². The van der Waals surface area contributed by atoms with E-state index in [-0.39, 0.29) is 11.2 Å². The first-order valence-electron chi connectivity index (χ1n) is 9.79. The van der Waals surface area contributed by atoms with Crippen LogP contribution in [0.2, 0.25) is 0 Å². The van der Waals surface area contributed by atoms with Crippen molar-refractivity contribution < 1.29 is 23.0 Å². The number of carbonyl (C=O) groups is 1. The molecule has 1 unspecified atom stereocenters. The molecule has 3 rings (SSSR count). The number of amides is 1. The fraction of sp³-hybridized carbons (Fsp3) is 0.409. The third-order valence-electron chi connectivity index (χ3n) is 4.72. The molecule has 0 radical (unpaired) electrons. The Morgan fingerprint density at radius 2 is 1.83 bits per heavy atom. The van der Waals surface area contributed by atoms with Crippen molar-refractivity contribution in [2.75, 3.05) is 32.1 Å². The molecule has 156 valence electrons. The normalized spacial score (nSPS) is 17.0. The highest BCUT2D eigenvalue weighted by molar-refractivity contribution is 7.99. The van der Waals surface area contributed by atoms with E-state index in [0.29, 0.717) is 61.1 Å². The second-order valence-corrected chi connectivity index (χ2v) is 7.94. The average Bonchev–Trinajstić information content (AvgIpc) is 2.97. The summed E-state index contributed by atoms with van der Waals surface area (Å²) in [6, 6.07) is 8.73. The Balaban J connectivity index is 1.74. The molecule has 7 heteroatoms. The topological polar surface area (TPSA) is 38.8 Å². The van der Waals surface area contributed by atoms with Gasteiger partial charge in [0.25, 0.3) is 5.91 Å². The van der Waals surface area contributed by atoms with Crippen LogP contribution in [0.5, 0.6) is 11.5 Å². The van der Waals surface area contributed by atoms with Gasteiger partial charge < -0.3 is 14.4 Å². The number of nitrogens with zero attached hydrogens (tertiary/aromatic N) is 1. The zero-order chi connectivity index (χ0) is 20.8. The van der Waals surface area contributed by atoms with E-state index < -0.39 is 11.6 Å². The van der Waals surface area contributed by atoms with Crippen molar-refractivity contribution in [3.63, 3.8) is 0 Å². The van der Waals surface area contributed by atoms with E-state index in [9.17, 15) is 13.6 Å². The molecule has 1 fully saturated rings. The summed E-state index contributed by atoms with van der Waals surface area (Å²) in [5, 5.41) is -0.178. The van der Waals surface area contributed by atoms with Crippen molar-refractivity contribution >= 4 is 17.7 Å². The fourth-order valence-electron chi connectivity index (χ4n) is 3.35.